The number of rotatable bonds is 5. The summed E-state index contributed by atoms with van der Waals surface area (Å²) in [6.07, 6.45) is -2.59. The zero-order valence-corrected chi connectivity index (χ0v) is 11.3. The summed E-state index contributed by atoms with van der Waals surface area (Å²) in [5.41, 5.74) is -1.87. The molecule has 9 heteroatoms. The molecule has 0 fully saturated rings. The van der Waals surface area contributed by atoms with Crippen LogP contribution in [0.25, 0.3) is 0 Å². The maximum absolute atomic E-state index is 13.0. The average molecular weight is 339 g/mol. The maximum Gasteiger partial charge on any atom is 0.311 e. The third-order valence-corrected chi connectivity index (χ3v) is 2.75. The topological polar surface area (TPSA) is 82.3 Å². The third-order valence-electron chi connectivity index (χ3n) is 2.17. The van der Waals surface area contributed by atoms with Crippen molar-refractivity contribution in [2.45, 2.75) is 19.8 Å². The van der Waals surface area contributed by atoms with E-state index in [9.17, 15) is 23.7 Å². The van der Waals surface area contributed by atoms with Crippen molar-refractivity contribution in [3.8, 4) is 0 Å². The van der Waals surface area contributed by atoms with Crippen LogP contribution in [0.2, 0.25) is 0 Å². The van der Waals surface area contributed by atoms with Gasteiger partial charge in [0.05, 0.1) is 18.0 Å². The van der Waals surface area contributed by atoms with E-state index in [1.54, 1.807) is 6.92 Å². The average Bonchev–Trinajstić information content (AvgIpc) is 2.30. The molecule has 0 aromatic carbocycles. The van der Waals surface area contributed by atoms with E-state index in [0.717, 1.165) is 6.20 Å². The predicted molar refractivity (Wildman–Crippen MR) is 63.9 cm³/mol. The molecule has 1 aromatic rings. The number of aromatic nitrogens is 1. The monoisotopic (exact) mass is 338 g/mol. The van der Waals surface area contributed by atoms with Gasteiger partial charge in [-0.3, -0.25) is 14.9 Å². The van der Waals surface area contributed by atoms with Crippen LogP contribution < -0.4 is 0 Å². The Balaban J connectivity index is 3.28. The number of carbonyl (C=O) groups excluding carboxylic acids is 1. The van der Waals surface area contributed by atoms with Crippen molar-refractivity contribution in [1.82, 2.24) is 4.98 Å². The molecule has 0 atom stereocenters. The molecular weight excluding hydrogens is 330 g/mol. The number of hydrogen-bond acceptors (Lipinski definition) is 5. The standard InChI is InChI=1S/C10H9BrF2N2O4/c1-2-19-6(16)3-5-4-14-9(11)8(15(17)18)7(5)10(12)13/h4,10H,2-3H2,1H3. The third kappa shape index (κ3) is 3.66. The summed E-state index contributed by atoms with van der Waals surface area (Å²) in [6.45, 7) is 1.66. The SMILES string of the molecule is CCOC(=O)Cc1cnc(Br)c([N+](=O)[O-])c1C(F)F. The number of carbonyl (C=O) groups is 1. The fourth-order valence-corrected chi connectivity index (χ4v) is 1.91. The Morgan fingerprint density at radius 3 is 2.74 bits per heavy atom. The molecular formula is C10H9BrF2N2O4. The van der Waals surface area contributed by atoms with E-state index in [1.807, 2.05) is 0 Å². The van der Waals surface area contributed by atoms with Crippen molar-refractivity contribution in [2.24, 2.45) is 0 Å². The van der Waals surface area contributed by atoms with Crippen molar-refractivity contribution in [3.63, 3.8) is 0 Å². The summed E-state index contributed by atoms with van der Waals surface area (Å²) in [4.78, 5) is 24.7. The molecule has 0 aliphatic rings. The first-order valence-electron chi connectivity index (χ1n) is 5.13. The highest BCUT2D eigenvalue weighted by Gasteiger charge is 2.30. The van der Waals surface area contributed by atoms with E-state index in [-0.39, 0.29) is 16.8 Å². The molecule has 0 aliphatic carbocycles. The highest BCUT2D eigenvalue weighted by Crippen LogP contribution is 2.36. The van der Waals surface area contributed by atoms with Crippen molar-refractivity contribution in [3.05, 3.63) is 32.0 Å². The van der Waals surface area contributed by atoms with Crippen LogP contribution in [0.4, 0.5) is 14.5 Å². The van der Waals surface area contributed by atoms with Crippen LogP contribution in [0.1, 0.15) is 24.5 Å². The number of nitrogens with zero attached hydrogens (tertiary/aromatic N) is 2. The second-order valence-corrected chi connectivity index (χ2v) is 4.13. The van der Waals surface area contributed by atoms with Crippen LogP contribution in [0.15, 0.2) is 10.8 Å². The normalized spacial score (nSPS) is 10.6. The van der Waals surface area contributed by atoms with Gasteiger partial charge in [-0.05, 0) is 28.4 Å². The van der Waals surface area contributed by atoms with E-state index in [4.69, 9.17) is 0 Å². The minimum atomic E-state index is -3.09. The van der Waals surface area contributed by atoms with E-state index in [2.05, 4.69) is 25.7 Å². The zero-order chi connectivity index (χ0) is 14.6. The fraction of sp³-hybridized carbons (Fsp3) is 0.400. The molecule has 0 radical (unpaired) electrons. The molecule has 0 aliphatic heterocycles. The molecule has 0 N–H and O–H groups in total. The Labute approximate surface area is 115 Å². The molecule has 0 amide bonds. The molecule has 1 aromatic heterocycles. The van der Waals surface area contributed by atoms with Gasteiger partial charge in [0, 0.05) is 6.20 Å². The molecule has 1 rings (SSSR count). The minimum Gasteiger partial charge on any atom is -0.466 e. The predicted octanol–water partition coefficient (Wildman–Crippen LogP) is 2.80. The minimum absolute atomic E-state index is 0.0922. The highest BCUT2D eigenvalue weighted by molar-refractivity contribution is 9.10. The van der Waals surface area contributed by atoms with Gasteiger partial charge in [0.25, 0.3) is 6.43 Å². The zero-order valence-electron chi connectivity index (χ0n) is 9.73. The highest BCUT2D eigenvalue weighted by atomic mass is 79.9. The van der Waals surface area contributed by atoms with Crippen molar-refractivity contribution < 1.29 is 23.2 Å². The summed E-state index contributed by atoms with van der Waals surface area (Å²) in [7, 11) is 0. The van der Waals surface area contributed by atoms with Gasteiger partial charge in [0.1, 0.15) is 5.56 Å². The maximum atomic E-state index is 13.0. The first-order chi connectivity index (χ1) is 8.88. The van der Waals surface area contributed by atoms with Gasteiger partial charge in [-0.1, -0.05) is 0 Å². The Hall–Kier alpha value is -1.64. The number of hydrogen-bond donors (Lipinski definition) is 0. The lowest BCUT2D eigenvalue weighted by molar-refractivity contribution is -0.387. The van der Waals surface area contributed by atoms with Crippen molar-refractivity contribution in [2.75, 3.05) is 6.61 Å². The Morgan fingerprint density at radius 1 is 1.63 bits per heavy atom. The van der Waals surface area contributed by atoms with Crippen LogP contribution in [-0.2, 0) is 16.0 Å². The van der Waals surface area contributed by atoms with Gasteiger partial charge in [-0.15, -0.1) is 0 Å². The van der Waals surface area contributed by atoms with Gasteiger partial charge >= 0.3 is 11.7 Å². The summed E-state index contributed by atoms with van der Waals surface area (Å²) in [6, 6.07) is 0. The molecule has 0 saturated carbocycles. The molecule has 0 bridgehead atoms. The number of alkyl halides is 2. The summed E-state index contributed by atoms with van der Waals surface area (Å²) >= 11 is 2.74. The van der Waals surface area contributed by atoms with Gasteiger partial charge in [-0.2, -0.15) is 0 Å². The largest absolute Gasteiger partial charge is 0.466 e. The van der Waals surface area contributed by atoms with Gasteiger partial charge in [0.2, 0.25) is 0 Å². The molecule has 0 spiro atoms. The van der Waals surface area contributed by atoms with Crippen LogP contribution in [0.5, 0.6) is 0 Å². The first-order valence-corrected chi connectivity index (χ1v) is 5.93. The second-order valence-electron chi connectivity index (χ2n) is 3.38. The number of halogens is 3. The Morgan fingerprint density at radius 2 is 2.26 bits per heavy atom. The summed E-state index contributed by atoms with van der Waals surface area (Å²) in [5, 5.41) is 10.8. The molecule has 0 saturated heterocycles. The van der Waals surface area contributed by atoms with E-state index < -0.39 is 35.0 Å². The van der Waals surface area contributed by atoms with Gasteiger partial charge < -0.3 is 4.74 Å². The lowest BCUT2D eigenvalue weighted by Crippen LogP contribution is -2.11. The molecule has 1 heterocycles. The quantitative estimate of drug-likeness (QED) is 0.357. The molecule has 6 nitrogen and oxygen atoms in total. The molecule has 0 unspecified atom stereocenters. The summed E-state index contributed by atoms with van der Waals surface area (Å²) < 4.78 is 30.2. The van der Waals surface area contributed by atoms with Crippen molar-refractivity contribution in [1.29, 1.82) is 0 Å². The molecule has 19 heavy (non-hydrogen) atoms. The number of esters is 1. The summed E-state index contributed by atoms with van der Waals surface area (Å²) in [5.74, 6) is -0.747. The smallest absolute Gasteiger partial charge is 0.311 e. The Bertz CT molecular complexity index is 511. The van der Waals surface area contributed by atoms with Gasteiger partial charge in [-0.25, -0.2) is 13.8 Å². The van der Waals surface area contributed by atoms with E-state index >= 15 is 0 Å². The number of ether oxygens (including phenoxy) is 1. The fourth-order valence-electron chi connectivity index (χ4n) is 1.45. The first kappa shape index (κ1) is 15.4. The van der Waals surface area contributed by atoms with E-state index in [1.165, 1.54) is 0 Å². The lowest BCUT2D eigenvalue weighted by Gasteiger charge is -2.09. The van der Waals surface area contributed by atoms with Crippen LogP contribution >= 0.6 is 15.9 Å². The van der Waals surface area contributed by atoms with E-state index in [0.29, 0.717) is 0 Å². The van der Waals surface area contributed by atoms with Crippen LogP contribution in [0, 0.1) is 10.1 Å². The number of pyridine rings is 1. The Kier molecular flexibility index (Phi) is 5.28. The van der Waals surface area contributed by atoms with Crippen molar-refractivity contribution >= 4 is 27.6 Å². The van der Waals surface area contributed by atoms with Gasteiger partial charge in [0.15, 0.2) is 4.60 Å². The molecule has 104 valence electrons. The lowest BCUT2D eigenvalue weighted by atomic mass is 10.1. The second kappa shape index (κ2) is 6.50. The van der Waals surface area contributed by atoms with Crippen LogP contribution in [-0.4, -0.2) is 22.5 Å². The van der Waals surface area contributed by atoms with Crippen LogP contribution in [0.3, 0.4) is 0 Å². The number of nitro groups is 1.